The van der Waals surface area contributed by atoms with E-state index in [9.17, 15) is 4.79 Å². The molecule has 0 bridgehead atoms. The fourth-order valence-electron chi connectivity index (χ4n) is 2.85. The first kappa shape index (κ1) is 14.7. The summed E-state index contributed by atoms with van der Waals surface area (Å²) >= 11 is 0. The van der Waals surface area contributed by atoms with Gasteiger partial charge in [0.1, 0.15) is 5.82 Å². The zero-order chi connectivity index (χ0) is 15.4. The Hall–Kier alpha value is -2.24. The first-order chi connectivity index (χ1) is 10.7. The van der Waals surface area contributed by atoms with Gasteiger partial charge in [0.15, 0.2) is 0 Å². The minimum absolute atomic E-state index is 0.232. The van der Waals surface area contributed by atoms with Crippen molar-refractivity contribution < 1.29 is 4.79 Å². The number of imidazole rings is 1. The zero-order valence-electron chi connectivity index (χ0n) is 12.9. The van der Waals surface area contributed by atoms with E-state index in [0.29, 0.717) is 6.42 Å². The van der Waals surface area contributed by atoms with Crippen molar-refractivity contribution in [3.05, 3.63) is 42.5 Å². The van der Waals surface area contributed by atoms with E-state index in [4.69, 9.17) is 0 Å². The molecule has 1 atom stereocenters. The Morgan fingerprint density at radius 2 is 2.32 bits per heavy atom. The molecular formula is C16H21N5O. The predicted octanol–water partition coefficient (Wildman–Crippen LogP) is 1.78. The monoisotopic (exact) mass is 299 g/mol. The van der Waals surface area contributed by atoms with Gasteiger partial charge in [-0.1, -0.05) is 0 Å². The topological polar surface area (TPSA) is 63.9 Å². The van der Waals surface area contributed by atoms with Crippen LogP contribution >= 0.6 is 0 Å². The number of nitrogens with zero attached hydrogens (tertiary/aromatic N) is 5. The molecule has 1 saturated heterocycles. The van der Waals surface area contributed by atoms with Gasteiger partial charge >= 0.3 is 0 Å². The highest BCUT2D eigenvalue weighted by atomic mass is 16.2. The van der Waals surface area contributed by atoms with Gasteiger partial charge in [-0.2, -0.15) is 0 Å². The van der Waals surface area contributed by atoms with Crippen LogP contribution in [0.2, 0.25) is 0 Å². The van der Waals surface area contributed by atoms with Crippen LogP contribution in [0.15, 0.2) is 31.0 Å². The Labute approximate surface area is 130 Å². The molecule has 2 aromatic heterocycles. The van der Waals surface area contributed by atoms with Crippen molar-refractivity contribution in [1.29, 1.82) is 0 Å². The normalized spacial score (nSPS) is 17.9. The van der Waals surface area contributed by atoms with Crippen molar-refractivity contribution in [1.82, 2.24) is 24.4 Å². The Morgan fingerprint density at radius 1 is 1.41 bits per heavy atom. The van der Waals surface area contributed by atoms with Crippen molar-refractivity contribution in [2.45, 2.75) is 38.6 Å². The van der Waals surface area contributed by atoms with Crippen LogP contribution in [0.1, 0.15) is 36.7 Å². The molecule has 1 unspecified atom stereocenters. The van der Waals surface area contributed by atoms with E-state index >= 15 is 0 Å². The molecule has 1 amide bonds. The molecule has 1 aliphatic rings. The number of carbonyl (C=O) groups excluding carboxylic acids is 1. The van der Waals surface area contributed by atoms with E-state index in [-0.39, 0.29) is 11.8 Å². The van der Waals surface area contributed by atoms with Crippen molar-refractivity contribution in [2.75, 3.05) is 13.1 Å². The number of hydrogen-bond acceptors (Lipinski definition) is 4. The number of amides is 1. The molecule has 2 aromatic rings. The van der Waals surface area contributed by atoms with Crippen LogP contribution in [0.4, 0.5) is 0 Å². The molecule has 6 nitrogen and oxygen atoms in total. The quantitative estimate of drug-likeness (QED) is 0.844. The molecule has 3 heterocycles. The SMILES string of the molecule is Cc1ccnc(C2CCN(C(=O)CCCn3ccnc3)C2)n1. The van der Waals surface area contributed by atoms with E-state index in [0.717, 1.165) is 44.0 Å². The van der Waals surface area contributed by atoms with E-state index < -0.39 is 0 Å². The first-order valence-electron chi connectivity index (χ1n) is 7.75. The molecule has 0 N–H and O–H groups in total. The van der Waals surface area contributed by atoms with Crippen molar-refractivity contribution >= 4 is 5.91 Å². The first-order valence-corrected chi connectivity index (χ1v) is 7.75. The summed E-state index contributed by atoms with van der Waals surface area (Å²) in [5.74, 6) is 1.38. The van der Waals surface area contributed by atoms with Crippen molar-refractivity contribution in [3.8, 4) is 0 Å². The second-order valence-electron chi connectivity index (χ2n) is 5.79. The van der Waals surface area contributed by atoms with E-state index in [1.165, 1.54) is 0 Å². The number of aromatic nitrogens is 4. The maximum Gasteiger partial charge on any atom is 0.222 e. The lowest BCUT2D eigenvalue weighted by atomic mass is 10.1. The molecule has 0 radical (unpaired) electrons. The summed E-state index contributed by atoms with van der Waals surface area (Å²) in [6.45, 7) is 4.36. The lowest BCUT2D eigenvalue weighted by molar-refractivity contribution is -0.130. The van der Waals surface area contributed by atoms with Crippen molar-refractivity contribution in [3.63, 3.8) is 0 Å². The highest BCUT2D eigenvalue weighted by Gasteiger charge is 2.28. The van der Waals surface area contributed by atoms with Gasteiger partial charge in [0.25, 0.3) is 0 Å². The number of hydrogen-bond donors (Lipinski definition) is 0. The second-order valence-corrected chi connectivity index (χ2v) is 5.79. The van der Waals surface area contributed by atoms with Crippen LogP contribution in [0, 0.1) is 6.92 Å². The fourth-order valence-corrected chi connectivity index (χ4v) is 2.85. The van der Waals surface area contributed by atoms with E-state index in [1.54, 1.807) is 18.7 Å². The van der Waals surface area contributed by atoms with Gasteiger partial charge in [-0.25, -0.2) is 15.0 Å². The third-order valence-electron chi connectivity index (χ3n) is 4.09. The number of carbonyl (C=O) groups is 1. The van der Waals surface area contributed by atoms with Crippen LogP contribution in [-0.4, -0.2) is 43.4 Å². The lowest BCUT2D eigenvalue weighted by Gasteiger charge is -2.16. The van der Waals surface area contributed by atoms with Gasteiger partial charge in [-0.3, -0.25) is 4.79 Å². The fraction of sp³-hybridized carbons (Fsp3) is 0.500. The Bertz CT molecular complexity index is 625. The van der Waals surface area contributed by atoms with Crippen LogP contribution in [0.25, 0.3) is 0 Å². The van der Waals surface area contributed by atoms with Gasteiger partial charge < -0.3 is 9.47 Å². The molecule has 0 aromatic carbocycles. The summed E-state index contributed by atoms with van der Waals surface area (Å²) in [7, 11) is 0. The Balaban J connectivity index is 1.48. The molecule has 0 saturated carbocycles. The average Bonchev–Trinajstić information content (AvgIpc) is 3.19. The van der Waals surface area contributed by atoms with Gasteiger partial charge in [-0.15, -0.1) is 0 Å². The third kappa shape index (κ3) is 3.50. The summed E-state index contributed by atoms with van der Waals surface area (Å²) in [5.41, 5.74) is 0.982. The van der Waals surface area contributed by atoms with Gasteiger partial charge in [0.05, 0.1) is 6.33 Å². The van der Waals surface area contributed by atoms with Gasteiger partial charge in [0.2, 0.25) is 5.91 Å². The number of rotatable bonds is 5. The molecule has 0 aliphatic carbocycles. The molecule has 0 spiro atoms. The lowest BCUT2D eigenvalue weighted by Crippen LogP contribution is -2.28. The highest BCUT2D eigenvalue weighted by Crippen LogP contribution is 2.25. The van der Waals surface area contributed by atoms with Gasteiger partial charge in [-0.05, 0) is 25.8 Å². The highest BCUT2D eigenvalue weighted by molar-refractivity contribution is 5.76. The van der Waals surface area contributed by atoms with Crippen LogP contribution in [-0.2, 0) is 11.3 Å². The minimum atomic E-state index is 0.232. The second kappa shape index (κ2) is 6.68. The maximum absolute atomic E-state index is 12.3. The molecule has 6 heteroatoms. The summed E-state index contributed by atoms with van der Waals surface area (Å²) in [5, 5.41) is 0. The van der Waals surface area contributed by atoms with Crippen LogP contribution in [0.5, 0.6) is 0 Å². The average molecular weight is 299 g/mol. The molecule has 3 rings (SSSR count). The summed E-state index contributed by atoms with van der Waals surface area (Å²) < 4.78 is 2.00. The minimum Gasteiger partial charge on any atom is -0.342 e. The zero-order valence-corrected chi connectivity index (χ0v) is 12.9. The predicted molar refractivity (Wildman–Crippen MR) is 82.2 cm³/mol. The number of likely N-dealkylation sites (tertiary alicyclic amines) is 1. The standard InChI is InChI=1S/C16H21N5O/c1-13-4-6-18-16(19-13)14-5-9-21(11-14)15(22)3-2-8-20-10-7-17-12-20/h4,6-7,10,12,14H,2-3,5,8-9,11H2,1H3. The van der Waals surface area contributed by atoms with Crippen molar-refractivity contribution in [2.24, 2.45) is 0 Å². The van der Waals surface area contributed by atoms with E-state index in [1.807, 2.05) is 28.7 Å². The number of aryl methyl sites for hydroxylation is 2. The smallest absolute Gasteiger partial charge is 0.222 e. The summed E-state index contributed by atoms with van der Waals surface area (Å²) in [4.78, 5) is 27.1. The molecule has 1 fully saturated rings. The maximum atomic E-state index is 12.3. The molecular weight excluding hydrogens is 278 g/mol. The Kier molecular flexibility index (Phi) is 4.46. The molecule has 1 aliphatic heterocycles. The largest absolute Gasteiger partial charge is 0.342 e. The summed E-state index contributed by atoms with van der Waals surface area (Å²) in [6, 6.07) is 1.90. The van der Waals surface area contributed by atoms with E-state index in [2.05, 4.69) is 15.0 Å². The molecule has 116 valence electrons. The van der Waals surface area contributed by atoms with Crippen LogP contribution in [0.3, 0.4) is 0 Å². The Morgan fingerprint density at radius 3 is 3.09 bits per heavy atom. The molecule has 22 heavy (non-hydrogen) atoms. The van der Waals surface area contributed by atoms with Crippen LogP contribution < -0.4 is 0 Å². The van der Waals surface area contributed by atoms with Gasteiger partial charge in [0, 0.05) is 56.3 Å². The summed E-state index contributed by atoms with van der Waals surface area (Å²) in [6.07, 6.45) is 9.65. The third-order valence-corrected chi connectivity index (χ3v) is 4.09.